The Hall–Kier alpha value is -3.92. The molecule has 10 heteroatoms. The molecule has 1 aromatic carbocycles. The lowest BCUT2D eigenvalue weighted by Gasteiger charge is -2.40. The Morgan fingerprint density at radius 2 is 1.87 bits per heavy atom. The summed E-state index contributed by atoms with van der Waals surface area (Å²) in [5.74, 6) is 0.997. The summed E-state index contributed by atoms with van der Waals surface area (Å²) in [6.07, 6.45) is 6.53. The number of hydrogen-bond donors (Lipinski definition) is 1. The molecule has 7 rings (SSSR count). The third-order valence-electron chi connectivity index (χ3n) is 7.57. The monoisotopic (exact) mass is 572 g/mol. The van der Waals surface area contributed by atoms with Gasteiger partial charge in [0.1, 0.15) is 28.3 Å². The molecule has 0 unspecified atom stereocenters. The molecule has 3 fully saturated rings. The van der Waals surface area contributed by atoms with E-state index in [0.717, 1.165) is 22.0 Å². The summed E-state index contributed by atoms with van der Waals surface area (Å²) in [6.45, 7) is 3.93. The minimum absolute atomic E-state index is 0.0354. The quantitative estimate of drug-likeness (QED) is 0.271. The van der Waals surface area contributed by atoms with Gasteiger partial charge in [0.2, 0.25) is 5.91 Å². The summed E-state index contributed by atoms with van der Waals surface area (Å²) in [6, 6.07) is 11.1. The number of carbonyl (C=O) groups is 3. The fraction of sp³-hybridized carbons (Fsp3) is 0.286. The zero-order valence-corrected chi connectivity index (χ0v) is 22.5. The molecule has 1 saturated carbocycles. The van der Waals surface area contributed by atoms with Crippen LogP contribution in [0.3, 0.4) is 0 Å². The summed E-state index contributed by atoms with van der Waals surface area (Å²) in [5.41, 5.74) is 2.20. The molecule has 0 atom stereocenters. The number of carbonyl (C=O) groups excluding carboxylic acids is 3. The number of fused-ring (bicyclic) bond motifs is 2. The maximum atomic E-state index is 13.6. The van der Waals surface area contributed by atoms with Gasteiger partial charge in [-0.15, -0.1) is 0 Å². The molecule has 3 aliphatic rings. The number of rotatable bonds is 6. The van der Waals surface area contributed by atoms with Crippen LogP contribution in [0.15, 0.2) is 59.6 Å². The van der Waals surface area contributed by atoms with Gasteiger partial charge >= 0.3 is 0 Å². The smallest absolute Gasteiger partial charge is 0.251 e. The number of aromatic nitrogens is 4. The standard InChI is InChI=1S/C28H25BrN6O3/c1-16(36)22-14-34(23-7-6-19(8-21(22)23)20-11-30-17(2)31-12-20)15-26(37)35-13-18-9-28(35,10-18)27(38)33-25-5-3-4-24(29)32-25/h3-8,11-12,14,18H,9-10,13,15H2,1-2H3,(H,32,33,38). The number of hydrogen-bond acceptors (Lipinski definition) is 6. The molecule has 2 saturated heterocycles. The van der Waals surface area contributed by atoms with E-state index in [1.807, 2.05) is 25.1 Å². The van der Waals surface area contributed by atoms with E-state index in [1.54, 1.807) is 46.3 Å². The predicted octanol–water partition coefficient (Wildman–Crippen LogP) is 4.40. The van der Waals surface area contributed by atoms with Crippen LogP contribution in [0.1, 0.15) is 35.9 Å². The van der Waals surface area contributed by atoms with E-state index in [1.165, 1.54) is 6.92 Å². The molecule has 38 heavy (non-hydrogen) atoms. The van der Waals surface area contributed by atoms with E-state index in [9.17, 15) is 14.4 Å². The van der Waals surface area contributed by atoms with Crippen LogP contribution >= 0.6 is 15.9 Å². The first kappa shape index (κ1) is 24.4. The molecule has 0 radical (unpaired) electrons. The van der Waals surface area contributed by atoms with Crippen molar-refractivity contribution in [2.45, 2.75) is 38.8 Å². The van der Waals surface area contributed by atoms with Crippen LogP contribution in [0.5, 0.6) is 0 Å². The number of halogens is 1. The van der Waals surface area contributed by atoms with Gasteiger partial charge in [0.25, 0.3) is 5.91 Å². The van der Waals surface area contributed by atoms with Gasteiger partial charge in [-0.3, -0.25) is 14.4 Å². The van der Waals surface area contributed by atoms with Crippen molar-refractivity contribution in [2.75, 3.05) is 11.9 Å². The van der Waals surface area contributed by atoms with Gasteiger partial charge in [-0.2, -0.15) is 0 Å². The Kier molecular flexibility index (Phi) is 5.86. The lowest BCUT2D eigenvalue weighted by atomic mass is 9.72. The van der Waals surface area contributed by atoms with Crippen molar-refractivity contribution >= 4 is 50.2 Å². The minimum atomic E-state index is -0.864. The van der Waals surface area contributed by atoms with E-state index in [0.29, 0.717) is 47.1 Å². The summed E-state index contributed by atoms with van der Waals surface area (Å²) < 4.78 is 2.43. The molecule has 1 N–H and O–H groups in total. The second-order valence-electron chi connectivity index (χ2n) is 10.1. The Morgan fingerprint density at radius 3 is 2.58 bits per heavy atom. The summed E-state index contributed by atoms with van der Waals surface area (Å²) in [7, 11) is 0. The number of pyridine rings is 1. The number of ketones is 1. The van der Waals surface area contributed by atoms with Crippen LogP contribution in [-0.2, 0) is 16.1 Å². The van der Waals surface area contributed by atoms with Crippen LogP contribution in [0.2, 0.25) is 0 Å². The van der Waals surface area contributed by atoms with Crippen molar-refractivity contribution < 1.29 is 14.4 Å². The van der Waals surface area contributed by atoms with Crippen LogP contribution in [0.4, 0.5) is 5.82 Å². The average molecular weight is 573 g/mol. The molecular formula is C28H25BrN6O3. The molecular weight excluding hydrogens is 548 g/mol. The first-order valence-corrected chi connectivity index (χ1v) is 13.2. The molecule has 4 aromatic rings. The molecule has 2 amide bonds. The fourth-order valence-corrected chi connectivity index (χ4v) is 6.04. The Bertz CT molecular complexity index is 1610. The Morgan fingerprint density at radius 1 is 1.11 bits per heavy atom. The van der Waals surface area contributed by atoms with Gasteiger partial charge in [-0.25, -0.2) is 15.0 Å². The number of aryl methyl sites for hydroxylation is 1. The molecule has 0 spiro atoms. The first-order valence-electron chi connectivity index (χ1n) is 12.4. The number of anilines is 1. The highest BCUT2D eigenvalue weighted by Gasteiger charge is 2.62. The van der Waals surface area contributed by atoms with E-state index >= 15 is 0 Å². The van der Waals surface area contributed by atoms with Crippen LogP contribution < -0.4 is 5.32 Å². The largest absolute Gasteiger partial charge is 0.337 e. The minimum Gasteiger partial charge on any atom is -0.337 e. The van der Waals surface area contributed by atoms with E-state index < -0.39 is 5.54 Å². The topological polar surface area (TPSA) is 110 Å². The van der Waals surface area contributed by atoms with Gasteiger partial charge in [0, 0.05) is 47.2 Å². The van der Waals surface area contributed by atoms with Crippen LogP contribution in [-0.4, -0.2) is 54.1 Å². The zero-order valence-electron chi connectivity index (χ0n) is 20.9. The summed E-state index contributed by atoms with van der Waals surface area (Å²) in [5, 5.41) is 3.66. The zero-order chi connectivity index (χ0) is 26.6. The number of amides is 2. The molecule has 1 aliphatic carbocycles. The van der Waals surface area contributed by atoms with Gasteiger partial charge < -0.3 is 14.8 Å². The van der Waals surface area contributed by atoms with E-state index in [2.05, 4.69) is 36.2 Å². The van der Waals surface area contributed by atoms with Crippen molar-refractivity contribution in [3.05, 3.63) is 71.0 Å². The second-order valence-corrected chi connectivity index (χ2v) is 10.9. The van der Waals surface area contributed by atoms with Gasteiger partial charge in [0.05, 0.1) is 0 Å². The van der Waals surface area contributed by atoms with E-state index in [-0.39, 0.29) is 24.1 Å². The lowest BCUT2D eigenvalue weighted by Crippen LogP contribution is -2.57. The van der Waals surface area contributed by atoms with Crippen molar-refractivity contribution in [2.24, 2.45) is 5.92 Å². The average Bonchev–Trinajstić information content (AvgIpc) is 3.55. The number of benzene rings is 1. The maximum Gasteiger partial charge on any atom is 0.251 e. The third-order valence-corrected chi connectivity index (χ3v) is 8.01. The van der Waals surface area contributed by atoms with E-state index in [4.69, 9.17) is 0 Å². The van der Waals surface area contributed by atoms with Gasteiger partial charge in [-0.05, 0) is 78.4 Å². The predicted molar refractivity (Wildman–Crippen MR) is 145 cm³/mol. The van der Waals surface area contributed by atoms with Crippen molar-refractivity contribution in [3.63, 3.8) is 0 Å². The number of Topliss-reactive ketones (excluding diaryl/α,β-unsaturated/α-hetero) is 1. The molecule has 9 nitrogen and oxygen atoms in total. The first-order chi connectivity index (χ1) is 18.2. The second kappa shape index (κ2) is 9.13. The van der Waals surface area contributed by atoms with Crippen LogP contribution in [0.25, 0.3) is 22.0 Å². The highest BCUT2D eigenvalue weighted by atomic mass is 79.9. The highest BCUT2D eigenvalue weighted by molar-refractivity contribution is 9.10. The van der Waals surface area contributed by atoms with Crippen molar-refractivity contribution in [1.29, 1.82) is 0 Å². The fourth-order valence-electron chi connectivity index (χ4n) is 5.70. The molecule has 5 heterocycles. The molecule has 192 valence electrons. The molecule has 2 aliphatic heterocycles. The lowest BCUT2D eigenvalue weighted by molar-refractivity contribution is -0.143. The SMILES string of the molecule is CC(=O)c1cn(CC(=O)N2CC3CC2(C(=O)Nc2cccc(Br)n2)C3)c2ccc(-c3cnc(C)nc3)cc12. The van der Waals surface area contributed by atoms with Crippen LogP contribution in [0, 0.1) is 12.8 Å². The summed E-state index contributed by atoms with van der Waals surface area (Å²) in [4.78, 5) is 54.0. The van der Waals surface area contributed by atoms with Crippen molar-refractivity contribution in [3.8, 4) is 11.1 Å². The van der Waals surface area contributed by atoms with Crippen molar-refractivity contribution in [1.82, 2.24) is 24.4 Å². The Balaban J connectivity index is 1.28. The van der Waals surface area contributed by atoms with Gasteiger partial charge in [-0.1, -0.05) is 12.1 Å². The van der Waals surface area contributed by atoms with Gasteiger partial charge in [0.15, 0.2) is 5.78 Å². The number of nitrogens with one attached hydrogen (secondary N) is 1. The number of nitrogens with zero attached hydrogens (tertiary/aromatic N) is 5. The maximum absolute atomic E-state index is 13.6. The Labute approximate surface area is 227 Å². The normalized spacial score (nSPS) is 19.9. The third kappa shape index (κ3) is 4.09. The summed E-state index contributed by atoms with van der Waals surface area (Å²) >= 11 is 3.32. The molecule has 2 bridgehead atoms. The molecule has 3 aromatic heterocycles. The highest BCUT2D eigenvalue weighted by Crippen LogP contribution is 2.51.